The monoisotopic (exact) mass is 341 g/mol. The highest BCUT2D eigenvalue weighted by Crippen LogP contribution is 2.15. The molecule has 0 spiro atoms. The number of rotatable bonds is 6. The molecule has 0 aliphatic rings. The van der Waals surface area contributed by atoms with Gasteiger partial charge in [-0.2, -0.15) is 5.26 Å². The number of carbonyl (C=O) groups excluding carboxylic acids is 2. The van der Waals surface area contributed by atoms with Crippen molar-refractivity contribution in [3.8, 4) is 6.07 Å². The molecule has 1 heterocycles. The predicted molar refractivity (Wildman–Crippen MR) is 89.6 cm³/mol. The van der Waals surface area contributed by atoms with Crippen LogP contribution in [0.2, 0.25) is 0 Å². The lowest BCUT2D eigenvalue weighted by atomic mass is 10.1. The highest BCUT2D eigenvalue weighted by atomic mass is 16.5. The van der Waals surface area contributed by atoms with Crippen molar-refractivity contribution < 1.29 is 18.8 Å². The molecule has 0 unspecified atom stereocenters. The van der Waals surface area contributed by atoms with E-state index in [0.717, 1.165) is 11.3 Å². The number of aromatic nitrogens is 1. The van der Waals surface area contributed by atoms with E-state index in [4.69, 9.17) is 14.5 Å². The highest BCUT2D eigenvalue weighted by molar-refractivity contribution is 5.95. The second kappa shape index (κ2) is 8.11. The van der Waals surface area contributed by atoms with E-state index in [1.807, 2.05) is 13.0 Å². The molecule has 0 aliphatic heterocycles. The fourth-order valence-corrected chi connectivity index (χ4v) is 2.31. The van der Waals surface area contributed by atoms with Crippen LogP contribution in [0.25, 0.3) is 0 Å². The Balaban J connectivity index is 1.85. The lowest BCUT2D eigenvalue weighted by molar-refractivity contribution is -0.153. The van der Waals surface area contributed by atoms with Crippen LogP contribution in [0, 0.1) is 25.2 Å². The second-order valence-corrected chi connectivity index (χ2v) is 5.62. The molecule has 25 heavy (non-hydrogen) atoms. The van der Waals surface area contributed by atoms with Gasteiger partial charge in [-0.25, -0.2) is 0 Å². The summed E-state index contributed by atoms with van der Waals surface area (Å²) in [6.45, 7) is 5.09. The third-order valence-corrected chi connectivity index (χ3v) is 3.70. The van der Waals surface area contributed by atoms with Gasteiger partial charge < -0.3 is 14.6 Å². The summed E-state index contributed by atoms with van der Waals surface area (Å²) in [5, 5.41) is 15.3. The van der Waals surface area contributed by atoms with Crippen LogP contribution in [-0.2, 0) is 20.7 Å². The average Bonchev–Trinajstić information content (AvgIpc) is 2.91. The van der Waals surface area contributed by atoms with Crippen molar-refractivity contribution in [1.82, 2.24) is 5.16 Å². The molecule has 0 radical (unpaired) electrons. The molecule has 2 rings (SSSR count). The molecule has 0 bridgehead atoms. The molecule has 7 heteroatoms. The first-order valence-corrected chi connectivity index (χ1v) is 7.83. The van der Waals surface area contributed by atoms with E-state index >= 15 is 0 Å². The van der Waals surface area contributed by atoms with Gasteiger partial charge in [-0.1, -0.05) is 11.2 Å². The summed E-state index contributed by atoms with van der Waals surface area (Å²) in [6.07, 6.45) is -0.369. The Labute approximate surface area is 145 Å². The van der Waals surface area contributed by atoms with Gasteiger partial charge in [-0.3, -0.25) is 9.59 Å². The summed E-state index contributed by atoms with van der Waals surface area (Å²) in [5.41, 5.74) is 2.53. The lowest BCUT2D eigenvalue weighted by Crippen LogP contribution is -2.30. The van der Waals surface area contributed by atoms with Crippen molar-refractivity contribution in [2.45, 2.75) is 39.7 Å². The van der Waals surface area contributed by atoms with E-state index in [1.54, 1.807) is 31.2 Å². The van der Waals surface area contributed by atoms with Crippen LogP contribution in [0.4, 0.5) is 5.69 Å². The van der Waals surface area contributed by atoms with Crippen LogP contribution in [0.1, 0.15) is 35.9 Å². The van der Waals surface area contributed by atoms with Crippen LogP contribution in [0.3, 0.4) is 0 Å². The number of nitrogens with zero attached hydrogens (tertiary/aromatic N) is 2. The molecule has 1 N–H and O–H groups in total. The maximum Gasteiger partial charge on any atom is 0.306 e. The average molecular weight is 341 g/mol. The number of esters is 1. The van der Waals surface area contributed by atoms with E-state index in [1.165, 1.54) is 6.92 Å². The van der Waals surface area contributed by atoms with Crippen molar-refractivity contribution in [2.75, 3.05) is 5.32 Å². The number of nitriles is 1. The number of nitrogens with one attached hydrogen (secondary N) is 1. The zero-order chi connectivity index (χ0) is 18.4. The van der Waals surface area contributed by atoms with Crippen molar-refractivity contribution >= 4 is 17.6 Å². The molecular formula is C18H19N3O4. The summed E-state index contributed by atoms with van der Waals surface area (Å²) >= 11 is 0. The molecule has 130 valence electrons. The third kappa shape index (κ3) is 4.91. The quantitative estimate of drug-likeness (QED) is 0.810. The number of aryl methyl sites for hydroxylation is 2. The number of benzene rings is 1. The Morgan fingerprint density at radius 1 is 1.40 bits per heavy atom. The number of ether oxygens (including phenoxy) is 1. The van der Waals surface area contributed by atoms with Crippen LogP contribution in [0.15, 0.2) is 28.8 Å². The molecule has 0 aliphatic carbocycles. The van der Waals surface area contributed by atoms with Crippen LogP contribution < -0.4 is 5.32 Å². The number of anilines is 1. The molecule has 0 saturated carbocycles. The number of carbonyl (C=O) groups is 2. The minimum atomic E-state index is -0.942. The smallest absolute Gasteiger partial charge is 0.306 e. The fourth-order valence-electron chi connectivity index (χ4n) is 2.31. The summed E-state index contributed by atoms with van der Waals surface area (Å²) < 4.78 is 10.2. The van der Waals surface area contributed by atoms with E-state index in [2.05, 4.69) is 10.5 Å². The summed E-state index contributed by atoms with van der Waals surface area (Å²) in [6, 6.07) is 8.49. The molecular weight excluding hydrogens is 322 g/mol. The van der Waals surface area contributed by atoms with E-state index in [0.29, 0.717) is 23.4 Å². The highest BCUT2D eigenvalue weighted by Gasteiger charge is 2.19. The largest absolute Gasteiger partial charge is 0.453 e. The third-order valence-electron chi connectivity index (χ3n) is 3.70. The maximum atomic E-state index is 12.1. The number of hydrogen-bond donors (Lipinski definition) is 1. The van der Waals surface area contributed by atoms with Crippen molar-refractivity contribution in [2.24, 2.45) is 0 Å². The molecule has 1 amide bonds. The molecule has 1 aromatic carbocycles. The van der Waals surface area contributed by atoms with E-state index in [9.17, 15) is 9.59 Å². The Morgan fingerprint density at radius 3 is 2.80 bits per heavy atom. The molecule has 1 atom stereocenters. The Bertz CT molecular complexity index is 800. The molecule has 0 saturated heterocycles. The number of amides is 1. The second-order valence-electron chi connectivity index (χ2n) is 5.62. The summed E-state index contributed by atoms with van der Waals surface area (Å²) in [5.74, 6) is -0.261. The minimum absolute atomic E-state index is 0.129. The van der Waals surface area contributed by atoms with Crippen LogP contribution in [-0.4, -0.2) is 23.1 Å². The van der Waals surface area contributed by atoms with Crippen molar-refractivity contribution in [1.29, 1.82) is 5.26 Å². The van der Waals surface area contributed by atoms with E-state index < -0.39 is 18.0 Å². The summed E-state index contributed by atoms with van der Waals surface area (Å²) in [7, 11) is 0. The van der Waals surface area contributed by atoms with Gasteiger partial charge in [0, 0.05) is 17.7 Å². The molecule has 7 nitrogen and oxygen atoms in total. The summed E-state index contributed by atoms with van der Waals surface area (Å²) in [4.78, 5) is 24.0. The molecule has 1 aromatic heterocycles. The van der Waals surface area contributed by atoms with Gasteiger partial charge in [0.15, 0.2) is 6.10 Å². The first-order valence-electron chi connectivity index (χ1n) is 7.83. The molecule has 2 aromatic rings. The normalized spacial score (nSPS) is 11.4. The van der Waals surface area contributed by atoms with Gasteiger partial charge >= 0.3 is 5.97 Å². The Kier molecular flexibility index (Phi) is 5.90. The Hall–Kier alpha value is -3.14. The minimum Gasteiger partial charge on any atom is -0.453 e. The fraction of sp³-hybridized carbons (Fsp3) is 0.333. The van der Waals surface area contributed by atoms with Gasteiger partial charge in [0.25, 0.3) is 5.91 Å². The van der Waals surface area contributed by atoms with Gasteiger partial charge in [0.05, 0.1) is 17.3 Å². The number of hydrogen-bond acceptors (Lipinski definition) is 6. The molecule has 0 fully saturated rings. The lowest BCUT2D eigenvalue weighted by Gasteiger charge is -2.13. The standard InChI is InChI=1S/C18H19N3O4/c1-11-16(12(2)25-21-11)7-8-17(22)24-13(3)18(23)20-15-6-4-5-14(9-15)10-19/h4-6,9,13H,7-8H2,1-3H3,(H,20,23)/t13-/m1/s1. The maximum absolute atomic E-state index is 12.1. The predicted octanol–water partition coefficient (Wildman–Crippen LogP) is 2.67. The van der Waals surface area contributed by atoms with Gasteiger partial charge in [-0.15, -0.1) is 0 Å². The van der Waals surface area contributed by atoms with Crippen LogP contribution >= 0.6 is 0 Å². The zero-order valence-corrected chi connectivity index (χ0v) is 14.3. The van der Waals surface area contributed by atoms with Crippen molar-refractivity contribution in [3.05, 3.63) is 46.8 Å². The Morgan fingerprint density at radius 2 is 2.16 bits per heavy atom. The van der Waals surface area contributed by atoms with Crippen LogP contribution in [0.5, 0.6) is 0 Å². The first-order chi connectivity index (χ1) is 11.9. The van der Waals surface area contributed by atoms with Gasteiger partial charge in [0.1, 0.15) is 5.76 Å². The van der Waals surface area contributed by atoms with Gasteiger partial charge in [0.2, 0.25) is 0 Å². The van der Waals surface area contributed by atoms with Crippen molar-refractivity contribution in [3.63, 3.8) is 0 Å². The first kappa shape index (κ1) is 18.2. The van der Waals surface area contributed by atoms with Gasteiger partial charge in [-0.05, 0) is 45.4 Å². The van der Waals surface area contributed by atoms with E-state index in [-0.39, 0.29) is 6.42 Å². The SMILES string of the molecule is Cc1noc(C)c1CCC(=O)O[C@H](C)C(=O)Nc1cccc(C#N)c1. The topological polar surface area (TPSA) is 105 Å². The zero-order valence-electron chi connectivity index (χ0n) is 14.3.